The van der Waals surface area contributed by atoms with E-state index in [2.05, 4.69) is 37.9 Å². The summed E-state index contributed by atoms with van der Waals surface area (Å²) in [6, 6.07) is 6.18. The van der Waals surface area contributed by atoms with Crippen LogP contribution in [0.15, 0.2) is 28.9 Å². The van der Waals surface area contributed by atoms with Crippen LogP contribution in [0.1, 0.15) is 17.1 Å². The minimum atomic E-state index is 0.566. The smallest absolute Gasteiger partial charge is 0.111 e. The lowest BCUT2D eigenvalue weighted by Gasteiger charge is -2.07. The summed E-state index contributed by atoms with van der Waals surface area (Å²) in [6.07, 6.45) is 2.82. The van der Waals surface area contributed by atoms with E-state index in [1.54, 1.807) is 0 Å². The molecule has 2 heterocycles. The minimum Gasteiger partial charge on any atom is -0.323 e. The fraction of sp³-hybridized carbons (Fsp3) is 0.333. The van der Waals surface area contributed by atoms with Crippen LogP contribution in [0.3, 0.4) is 0 Å². The summed E-state index contributed by atoms with van der Waals surface area (Å²) in [5.74, 6) is 1.58. The number of nitrogens with zero attached hydrogens (tertiary/aromatic N) is 4. The lowest BCUT2D eigenvalue weighted by Crippen LogP contribution is -2.06. The van der Waals surface area contributed by atoms with Gasteiger partial charge < -0.3 is 4.57 Å². The number of rotatable bonds is 4. The van der Waals surface area contributed by atoms with Crippen molar-refractivity contribution in [3.05, 3.63) is 46.0 Å². The molecule has 3 rings (SSSR count). The monoisotopic (exact) mass is 366 g/mol. The van der Waals surface area contributed by atoms with Crippen LogP contribution in [0.2, 0.25) is 0 Å². The van der Waals surface area contributed by atoms with E-state index < -0.39 is 0 Å². The summed E-state index contributed by atoms with van der Waals surface area (Å²) in [5, 5.41) is 4.41. The molecule has 0 saturated carbocycles. The zero-order chi connectivity index (χ0) is 15.0. The number of halogens is 2. The molecule has 0 spiro atoms. The number of hydrogen-bond acceptors (Lipinski definition) is 2. The van der Waals surface area contributed by atoms with Gasteiger partial charge in [-0.2, -0.15) is 5.10 Å². The number of imidazole rings is 1. The molecule has 0 atom stereocenters. The molecule has 1 aromatic carbocycles. The molecule has 110 valence electrons. The minimum absolute atomic E-state index is 0.566. The molecule has 6 heteroatoms. The molecule has 0 saturated heterocycles. The van der Waals surface area contributed by atoms with Gasteiger partial charge >= 0.3 is 0 Å². The lowest BCUT2D eigenvalue weighted by molar-refractivity contribution is 0.747. The van der Waals surface area contributed by atoms with Crippen LogP contribution in [-0.4, -0.2) is 25.2 Å². The molecule has 0 radical (unpaired) electrons. The molecular formula is C15H16BrClN4. The van der Waals surface area contributed by atoms with Crippen LogP contribution in [-0.2, 0) is 20.0 Å². The number of benzene rings is 1. The van der Waals surface area contributed by atoms with Crippen LogP contribution < -0.4 is 0 Å². The van der Waals surface area contributed by atoms with Gasteiger partial charge in [0, 0.05) is 35.6 Å². The number of alkyl halides is 1. The summed E-state index contributed by atoms with van der Waals surface area (Å²) in [4.78, 5) is 4.72. The Balaban J connectivity index is 2.10. The molecule has 0 aliphatic heterocycles. The molecule has 0 unspecified atom stereocenters. The van der Waals surface area contributed by atoms with Gasteiger partial charge in [-0.05, 0) is 25.1 Å². The first-order chi connectivity index (χ1) is 10.1. The van der Waals surface area contributed by atoms with Gasteiger partial charge in [-0.1, -0.05) is 15.9 Å². The summed E-state index contributed by atoms with van der Waals surface area (Å²) in [6.45, 7) is 2.80. The van der Waals surface area contributed by atoms with Gasteiger partial charge in [-0.25, -0.2) is 4.98 Å². The van der Waals surface area contributed by atoms with Crippen molar-refractivity contribution in [2.24, 2.45) is 7.05 Å². The van der Waals surface area contributed by atoms with E-state index in [1.165, 1.54) is 5.56 Å². The summed E-state index contributed by atoms with van der Waals surface area (Å²) in [5.41, 5.74) is 4.37. The lowest BCUT2D eigenvalue weighted by atomic mass is 10.2. The van der Waals surface area contributed by atoms with Gasteiger partial charge in [-0.15, -0.1) is 11.6 Å². The normalized spacial score (nSPS) is 11.4. The molecule has 2 aromatic heterocycles. The molecule has 0 bridgehead atoms. The van der Waals surface area contributed by atoms with Crippen LogP contribution in [0.4, 0.5) is 0 Å². The first kappa shape index (κ1) is 14.6. The Labute approximate surface area is 136 Å². The Kier molecular flexibility index (Phi) is 4.04. The third-order valence-electron chi connectivity index (χ3n) is 3.55. The van der Waals surface area contributed by atoms with E-state index in [4.69, 9.17) is 16.6 Å². The number of aromatic nitrogens is 4. The molecule has 0 aliphatic carbocycles. The van der Waals surface area contributed by atoms with Crippen molar-refractivity contribution >= 4 is 38.6 Å². The maximum atomic E-state index is 5.93. The highest BCUT2D eigenvalue weighted by molar-refractivity contribution is 9.10. The number of fused-ring (bicyclic) bond motifs is 1. The van der Waals surface area contributed by atoms with Crippen molar-refractivity contribution in [1.29, 1.82) is 0 Å². The van der Waals surface area contributed by atoms with Crippen molar-refractivity contribution < 1.29 is 0 Å². The zero-order valence-electron chi connectivity index (χ0n) is 12.0. The molecular weight excluding hydrogens is 352 g/mol. The van der Waals surface area contributed by atoms with Gasteiger partial charge in [0.1, 0.15) is 5.82 Å². The Hall–Kier alpha value is -1.33. The number of aryl methyl sites for hydroxylation is 3. The van der Waals surface area contributed by atoms with Crippen molar-refractivity contribution in [2.75, 3.05) is 5.88 Å². The molecule has 0 fully saturated rings. The average Bonchev–Trinajstić information content (AvgIpc) is 2.91. The van der Waals surface area contributed by atoms with Gasteiger partial charge in [0.25, 0.3) is 0 Å². The van der Waals surface area contributed by atoms with Crippen LogP contribution in [0, 0.1) is 6.92 Å². The van der Waals surface area contributed by atoms with Crippen molar-refractivity contribution in [2.45, 2.75) is 19.9 Å². The van der Waals surface area contributed by atoms with Crippen LogP contribution in [0.25, 0.3) is 11.0 Å². The average molecular weight is 368 g/mol. The van der Waals surface area contributed by atoms with E-state index >= 15 is 0 Å². The van der Waals surface area contributed by atoms with Gasteiger partial charge in [0.15, 0.2) is 0 Å². The Morgan fingerprint density at radius 2 is 2.14 bits per heavy atom. The Morgan fingerprint density at radius 3 is 2.81 bits per heavy atom. The van der Waals surface area contributed by atoms with Crippen molar-refractivity contribution in [1.82, 2.24) is 19.3 Å². The second kappa shape index (κ2) is 5.81. The molecule has 21 heavy (non-hydrogen) atoms. The second-order valence-corrected chi connectivity index (χ2v) is 6.39. The van der Waals surface area contributed by atoms with E-state index in [0.717, 1.165) is 40.0 Å². The van der Waals surface area contributed by atoms with Crippen LogP contribution in [0.5, 0.6) is 0 Å². The topological polar surface area (TPSA) is 35.6 Å². The highest BCUT2D eigenvalue weighted by Gasteiger charge is 2.13. The van der Waals surface area contributed by atoms with E-state index in [-0.39, 0.29) is 0 Å². The quantitative estimate of drug-likeness (QED) is 0.660. The summed E-state index contributed by atoms with van der Waals surface area (Å²) < 4.78 is 5.12. The zero-order valence-corrected chi connectivity index (χ0v) is 14.3. The Morgan fingerprint density at radius 1 is 1.33 bits per heavy atom. The maximum Gasteiger partial charge on any atom is 0.111 e. The predicted octanol–water partition coefficient (Wildman–Crippen LogP) is 3.67. The number of hydrogen-bond donors (Lipinski definition) is 0. The second-order valence-electron chi connectivity index (χ2n) is 5.10. The summed E-state index contributed by atoms with van der Waals surface area (Å²) in [7, 11) is 1.94. The van der Waals surface area contributed by atoms with E-state index in [0.29, 0.717) is 5.88 Å². The third kappa shape index (κ3) is 2.85. The molecule has 0 amide bonds. The molecule has 3 aromatic rings. The first-order valence-corrected chi connectivity index (χ1v) is 8.11. The largest absolute Gasteiger partial charge is 0.323 e. The fourth-order valence-corrected chi connectivity index (χ4v) is 3.10. The fourth-order valence-electron chi connectivity index (χ4n) is 2.58. The van der Waals surface area contributed by atoms with Crippen LogP contribution >= 0.6 is 27.5 Å². The highest BCUT2D eigenvalue weighted by atomic mass is 79.9. The standard InChI is InChI=1S/C15H16BrClN4/c1-10-11(8-20(2)19-10)9-21-14-4-3-12(16)7-13(14)18-15(21)5-6-17/h3-4,7-8H,5-6,9H2,1-2H3. The van der Waals surface area contributed by atoms with Gasteiger partial charge in [0.05, 0.1) is 23.3 Å². The first-order valence-electron chi connectivity index (χ1n) is 6.78. The van der Waals surface area contributed by atoms with Crippen molar-refractivity contribution in [3.63, 3.8) is 0 Å². The molecule has 4 nitrogen and oxygen atoms in total. The SMILES string of the molecule is Cc1nn(C)cc1Cn1c(CCCl)nc2cc(Br)ccc21. The Bertz CT molecular complexity index is 790. The van der Waals surface area contributed by atoms with Gasteiger partial charge in [-0.3, -0.25) is 4.68 Å². The molecule has 0 N–H and O–H groups in total. The summed E-state index contributed by atoms with van der Waals surface area (Å²) >= 11 is 9.42. The van der Waals surface area contributed by atoms with Gasteiger partial charge in [0.2, 0.25) is 0 Å². The molecule has 0 aliphatic rings. The predicted molar refractivity (Wildman–Crippen MR) is 88.9 cm³/mol. The third-order valence-corrected chi connectivity index (χ3v) is 4.23. The van der Waals surface area contributed by atoms with E-state index in [9.17, 15) is 0 Å². The van der Waals surface area contributed by atoms with E-state index in [1.807, 2.05) is 30.8 Å². The maximum absolute atomic E-state index is 5.93. The van der Waals surface area contributed by atoms with Crippen molar-refractivity contribution in [3.8, 4) is 0 Å². The highest BCUT2D eigenvalue weighted by Crippen LogP contribution is 2.23.